The maximum atomic E-state index is 9.32. The molecule has 84 valence electrons. The second-order valence-corrected chi connectivity index (χ2v) is 5.03. The molecule has 2 heteroatoms. The predicted molar refractivity (Wildman–Crippen MR) is 73.7 cm³/mol. The Labute approximate surface area is 104 Å². The molecule has 1 N–H and O–H groups in total. The fourth-order valence-electron chi connectivity index (χ4n) is 2.05. The van der Waals surface area contributed by atoms with E-state index in [4.69, 9.17) is 0 Å². The summed E-state index contributed by atoms with van der Waals surface area (Å²) >= 11 is 1.78. The number of hydrogen-bond acceptors (Lipinski definition) is 2. The smallest absolute Gasteiger partial charge is 0.115 e. The Kier molecular flexibility index (Phi) is 2.37. The SMILES string of the molecule is Cc1csc2c(-c3ccc(O)cc3)cccc12. The second-order valence-electron chi connectivity index (χ2n) is 4.15. The lowest BCUT2D eigenvalue weighted by atomic mass is 10.0. The Bertz CT molecular complexity index is 665. The van der Waals surface area contributed by atoms with E-state index in [2.05, 4.69) is 30.5 Å². The number of thiophene rings is 1. The van der Waals surface area contributed by atoms with E-state index in [0.29, 0.717) is 5.75 Å². The second kappa shape index (κ2) is 3.90. The van der Waals surface area contributed by atoms with E-state index in [-0.39, 0.29) is 0 Å². The van der Waals surface area contributed by atoms with E-state index in [1.807, 2.05) is 12.1 Å². The first-order valence-corrected chi connectivity index (χ1v) is 6.40. The third-order valence-corrected chi connectivity index (χ3v) is 4.12. The van der Waals surface area contributed by atoms with E-state index >= 15 is 0 Å². The summed E-state index contributed by atoms with van der Waals surface area (Å²) in [7, 11) is 0. The monoisotopic (exact) mass is 240 g/mol. The summed E-state index contributed by atoms with van der Waals surface area (Å²) in [4.78, 5) is 0. The summed E-state index contributed by atoms with van der Waals surface area (Å²) < 4.78 is 1.32. The number of aromatic hydroxyl groups is 1. The van der Waals surface area contributed by atoms with E-state index < -0.39 is 0 Å². The zero-order chi connectivity index (χ0) is 11.8. The Morgan fingerprint density at radius 3 is 2.53 bits per heavy atom. The van der Waals surface area contributed by atoms with Crippen molar-refractivity contribution in [2.45, 2.75) is 6.92 Å². The minimum Gasteiger partial charge on any atom is -0.508 e. The van der Waals surface area contributed by atoms with E-state index in [1.54, 1.807) is 23.5 Å². The minimum atomic E-state index is 0.309. The molecule has 17 heavy (non-hydrogen) atoms. The van der Waals surface area contributed by atoms with Crippen LogP contribution in [-0.2, 0) is 0 Å². The highest BCUT2D eigenvalue weighted by Gasteiger charge is 2.06. The molecule has 3 aromatic rings. The van der Waals surface area contributed by atoms with E-state index in [1.165, 1.54) is 21.2 Å². The van der Waals surface area contributed by atoms with Crippen molar-refractivity contribution in [3.8, 4) is 16.9 Å². The maximum Gasteiger partial charge on any atom is 0.115 e. The first-order chi connectivity index (χ1) is 8.25. The van der Waals surface area contributed by atoms with Crippen molar-refractivity contribution in [1.29, 1.82) is 0 Å². The fourth-order valence-corrected chi connectivity index (χ4v) is 3.14. The fraction of sp³-hybridized carbons (Fsp3) is 0.0667. The first-order valence-electron chi connectivity index (χ1n) is 5.52. The number of fused-ring (bicyclic) bond motifs is 1. The molecule has 3 rings (SSSR count). The Morgan fingerprint density at radius 2 is 1.76 bits per heavy atom. The van der Waals surface area contributed by atoms with Crippen LogP contribution in [0.3, 0.4) is 0 Å². The molecule has 0 bridgehead atoms. The Morgan fingerprint density at radius 1 is 1.00 bits per heavy atom. The summed E-state index contributed by atoms with van der Waals surface area (Å²) in [6.45, 7) is 2.14. The Balaban J connectivity index is 2.26. The van der Waals surface area contributed by atoms with Gasteiger partial charge in [-0.25, -0.2) is 0 Å². The van der Waals surface area contributed by atoms with Crippen LogP contribution in [0.2, 0.25) is 0 Å². The van der Waals surface area contributed by atoms with Crippen molar-refractivity contribution in [2.24, 2.45) is 0 Å². The van der Waals surface area contributed by atoms with Gasteiger partial charge in [0.25, 0.3) is 0 Å². The van der Waals surface area contributed by atoms with Gasteiger partial charge in [-0.05, 0) is 46.5 Å². The number of benzene rings is 2. The highest BCUT2D eigenvalue weighted by molar-refractivity contribution is 7.18. The topological polar surface area (TPSA) is 20.2 Å². The van der Waals surface area contributed by atoms with Crippen molar-refractivity contribution in [3.63, 3.8) is 0 Å². The molecule has 0 unspecified atom stereocenters. The average Bonchev–Trinajstić information content (AvgIpc) is 2.73. The van der Waals surface area contributed by atoms with Gasteiger partial charge in [0.2, 0.25) is 0 Å². The molecule has 0 spiro atoms. The molecule has 0 aliphatic heterocycles. The van der Waals surface area contributed by atoms with Crippen LogP contribution in [0.4, 0.5) is 0 Å². The van der Waals surface area contributed by atoms with Crippen molar-refractivity contribution in [1.82, 2.24) is 0 Å². The van der Waals surface area contributed by atoms with Crippen LogP contribution < -0.4 is 0 Å². The number of aryl methyl sites for hydroxylation is 1. The predicted octanol–water partition coefficient (Wildman–Crippen LogP) is 4.58. The van der Waals surface area contributed by atoms with Gasteiger partial charge in [-0.1, -0.05) is 30.3 Å². The molecule has 0 saturated carbocycles. The van der Waals surface area contributed by atoms with Gasteiger partial charge in [-0.15, -0.1) is 11.3 Å². The van der Waals surface area contributed by atoms with Crippen LogP contribution in [0, 0.1) is 6.92 Å². The summed E-state index contributed by atoms with van der Waals surface area (Å²) in [5.41, 5.74) is 3.71. The molecule has 0 amide bonds. The standard InChI is InChI=1S/C15H12OS/c1-10-9-17-15-13(10)3-2-4-14(15)11-5-7-12(16)8-6-11/h2-9,16H,1H3. The molecule has 1 aromatic heterocycles. The third-order valence-electron chi connectivity index (χ3n) is 2.97. The van der Waals surface area contributed by atoms with Gasteiger partial charge in [0, 0.05) is 4.70 Å². The zero-order valence-electron chi connectivity index (χ0n) is 9.47. The lowest BCUT2D eigenvalue weighted by Gasteiger charge is -2.04. The molecular formula is C15H12OS. The van der Waals surface area contributed by atoms with Gasteiger partial charge in [0.1, 0.15) is 5.75 Å². The zero-order valence-corrected chi connectivity index (χ0v) is 10.3. The van der Waals surface area contributed by atoms with Gasteiger partial charge in [-0.2, -0.15) is 0 Å². The molecular weight excluding hydrogens is 228 g/mol. The Hall–Kier alpha value is -1.80. The molecule has 1 nitrogen and oxygen atoms in total. The van der Waals surface area contributed by atoms with Crippen LogP contribution in [0.25, 0.3) is 21.2 Å². The van der Waals surface area contributed by atoms with Gasteiger partial charge < -0.3 is 5.11 Å². The summed E-state index contributed by atoms with van der Waals surface area (Å²) in [5.74, 6) is 0.309. The van der Waals surface area contributed by atoms with Gasteiger partial charge >= 0.3 is 0 Å². The third kappa shape index (κ3) is 1.71. The summed E-state index contributed by atoms with van der Waals surface area (Å²) in [6, 6.07) is 13.8. The number of rotatable bonds is 1. The molecule has 0 saturated heterocycles. The highest BCUT2D eigenvalue weighted by Crippen LogP contribution is 2.35. The van der Waals surface area contributed by atoms with Crippen molar-refractivity contribution in [2.75, 3.05) is 0 Å². The van der Waals surface area contributed by atoms with Crippen LogP contribution in [0.1, 0.15) is 5.56 Å². The number of phenols is 1. The van der Waals surface area contributed by atoms with E-state index in [0.717, 1.165) is 5.56 Å². The molecule has 2 aromatic carbocycles. The first kappa shape index (κ1) is 10.4. The summed E-state index contributed by atoms with van der Waals surface area (Å²) in [5, 5.41) is 12.8. The van der Waals surface area contributed by atoms with Gasteiger partial charge in [0.05, 0.1) is 0 Å². The minimum absolute atomic E-state index is 0.309. The maximum absolute atomic E-state index is 9.32. The molecule has 1 heterocycles. The molecule has 0 fully saturated rings. The summed E-state index contributed by atoms with van der Waals surface area (Å²) in [6.07, 6.45) is 0. The van der Waals surface area contributed by atoms with Crippen LogP contribution in [0.5, 0.6) is 5.75 Å². The number of hydrogen-bond donors (Lipinski definition) is 1. The molecule has 0 aliphatic carbocycles. The van der Waals surface area contributed by atoms with Gasteiger partial charge in [-0.3, -0.25) is 0 Å². The largest absolute Gasteiger partial charge is 0.508 e. The van der Waals surface area contributed by atoms with Crippen LogP contribution >= 0.6 is 11.3 Å². The van der Waals surface area contributed by atoms with E-state index in [9.17, 15) is 5.11 Å². The van der Waals surface area contributed by atoms with Crippen molar-refractivity contribution in [3.05, 3.63) is 53.4 Å². The quantitative estimate of drug-likeness (QED) is 0.660. The molecule has 0 radical (unpaired) electrons. The number of phenolic OH excluding ortho intramolecular Hbond substituents is 1. The van der Waals surface area contributed by atoms with Crippen LogP contribution in [-0.4, -0.2) is 5.11 Å². The normalized spacial score (nSPS) is 10.9. The van der Waals surface area contributed by atoms with Crippen LogP contribution in [0.15, 0.2) is 47.8 Å². The molecule has 0 atom stereocenters. The highest BCUT2D eigenvalue weighted by atomic mass is 32.1. The van der Waals surface area contributed by atoms with Crippen molar-refractivity contribution < 1.29 is 5.11 Å². The van der Waals surface area contributed by atoms with Crippen molar-refractivity contribution >= 4 is 21.4 Å². The average molecular weight is 240 g/mol. The van der Waals surface area contributed by atoms with Gasteiger partial charge in [0.15, 0.2) is 0 Å². The lowest BCUT2D eigenvalue weighted by molar-refractivity contribution is 0.475. The molecule has 0 aliphatic rings. The lowest BCUT2D eigenvalue weighted by Crippen LogP contribution is -1.78.